The summed E-state index contributed by atoms with van der Waals surface area (Å²) < 4.78 is 6.97. The highest BCUT2D eigenvalue weighted by Gasteiger charge is 2.38. The van der Waals surface area contributed by atoms with Crippen molar-refractivity contribution in [1.82, 2.24) is 24.4 Å². The second-order valence-electron chi connectivity index (χ2n) is 13.3. The molecule has 0 radical (unpaired) electrons. The van der Waals surface area contributed by atoms with Crippen LogP contribution in [-0.4, -0.2) is 73.2 Å². The average molecular weight is 687 g/mol. The van der Waals surface area contributed by atoms with Crippen molar-refractivity contribution >= 4 is 40.4 Å². The number of amides is 1. The first-order chi connectivity index (χ1) is 24.5. The fourth-order valence-electron chi connectivity index (χ4n) is 6.57. The van der Waals surface area contributed by atoms with E-state index < -0.39 is 29.4 Å². The maximum atomic E-state index is 13.6. The van der Waals surface area contributed by atoms with Gasteiger partial charge < -0.3 is 24.6 Å². The van der Waals surface area contributed by atoms with Crippen LogP contribution < -0.4 is 10.1 Å². The minimum atomic E-state index is -1.23. The van der Waals surface area contributed by atoms with Gasteiger partial charge in [0.2, 0.25) is 5.91 Å². The number of hydrogen-bond acceptors (Lipinski definition) is 9. The van der Waals surface area contributed by atoms with Crippen LogP contribution >= 0.6 is 0 Å². The molecule has 0 spiro atoms. The summed E-state index contributed by atoms with van der Waals surface area (Å²) in [6, 6.07) is 27.6. The minimum absolute atomic E-state index is 0.00577. The lowest BCUT2D eigenvalue weighted by Gasteiger charge is -2.37. The summed E-state index contributed by atoms with van der Waals surface area (Å²) in [6.07, 6.45) is 4.59. The van der Waals surface area contributed by atoms with Crippen molar-refractivity contribution in [1.29, 1.82) is 0 Å². The Balaban J connectivity index is 1.35. The van der Waals surface area contributed by atoms with Gasteiger partial charge in [0.1, 0.15) is 36.2 Å². The molecule has 0 aliphatic heterocycles. The summed E-state index contributed by atoms with van der Waals surface area (Å²) in [5.41, 5.74) is 2.10. The number of fused-ring (bicyclic) bond motifs is 1. The summed E-state index contributed by atoms with van der Waals surface area (Å²) in [7, 11) is 1.62. The number of benzene rings is 3. The molecule has 6 rings (SSSR count). The third-order valence-corrected chi connectivity index (χ3v) is 9.02. The number of nitrogens with zero attached hydrogens (tertiary/aromatic N) is 5. The molecule has 12 heteroatoms. The van der Waals surface area contributed by atoms with E-state index in [-0.39, 0.29) is 43.1 Å². The van der Waals surface area contributed by atoms with Crippen LogP contribution in [0.4, 0.5) is 5.82 Å². The van der Waals surface area contributed by atoms with Gasteiger partial charge in [0.05, 0.1) is 19.0 Å². The van der Waals surface area contributed by atoms with Crippen molar-refractivity contribution in [2.75, 3.05) is 25.5 Å². The van der Waals surface area contributed by atoms with Crippen LogP contribution in [0.2, 0.25) is 0 Å². The lowest BCUT2D eigenvalue weighted by atomic mass is 9.74. The number of hydrogen-bond donors (Lipinski definition) is 2. The molecule has 1 aliphatic rings. The molecule has 260 valence electrons. The summed E-state index contributed by atoms with van der Waals surface area (Å²) >= 11 is 0. The predicted octanol–water partition coefficient (Wildman–Crippen LogP) is 5.04. The Morgan fingerprint density at radius 2 is 1.49 bits per heavy atom. The topological polar surface area (TPSA) is 157 Å². The van der Waals surface area contributed by atoms with Crippen LogP contribution in [0, 0.1) is 5.41 Å². The minimum Gasteiger partial charge on any atom is -0.497 e. The van der Waals surface area contributed by atoms with E-state index >= 15 is 0 Å². The quantitative estimate of drug-likeness (QED) is 0.104. The Morgan fingerprint density at radius 1 is 0.902 bits per heavy atom. The van der Waals surface area contributed by atoms with Crippen molar-refractivity contribution in [2.45, 2.75) is 38.8 Å². The number of methoxy groups -OCH3 is 1. The second kappa shape index (κ2) is 14.4. The largest absolute Gasteiger partial charge is 0.497 e. The van der Waals surface area contributed by atoms with Gasteiger partial charge in [-0.15, -0.1) is 0 Å². The highest BCUT2D eigenvalue weighted by atomic mass is 16.5. The molecule has 0 atom stereocenters. The van der Waals surface area contributed by atoms with Crippen molar-refractivity contribution in [3.8, 4) is 5.75 Å². The van der Waals surface area contributed by atoms with Crippen LogP contribution in [0.25, 0.3) is 11.2 Å². The molecule has 51 heavy (non-hydrogen) atoms. The summed E-state index contributed by atoms with van der Waals surface area (Å²) in [5, 5.41) is 13.3. The number of allylic oxidation sites excluding steroid dienone is 1. The third kappa shape index (κ3) is 7.25. The van der Waals surface area contributed by atoms with E-state index in [1.165, 1.54) is 23.3 Å². The number of anilines is 1. The summed E-state index contributed by atoms with van der Waals surface area (Å²) in [6.45, 7) is 2.57. The smallest absolute Gasteiger partial charge is 0.323 e. The van der Waals surface area contributed by atoms with Gasteiger partial charge in [0.25, 0.3) is 0 Å². The van der Waals surface area contributed by atoms with E-state index in [2.05, 4.69) is 20.3 Å². The van der Waals surface area contributed by atoms with Gasteiger partial charge in [-0.05, 0) is 34.2 Å². The van der Waals surface area contributed by atoms with E-state index in [4.69, 9.17) is 4.74 Å². The number of Topliss-reactive ketones (excluding diaryl/α,β-unsaturated/α-hetero) is 2. The Bertz CT molecular complexity index is 2050. The predicted molar refractivity (Wildman–Crippen MR) is 190 cm³/mol. The maximum absolute atomic E-state index is 13.6. The van der Waals surface area contributed by atoms with Gasteiger partial charge in [-0.3, -0.25) is 19.2 Å². The Hall–Kier alpha value is -6.17. The zero-order valence-electron chi connectivity index (χ0n) is 28.6. The Kier molecular flexibility index (Phi) is 9.77. The molecule has 1 fully saturated rings. The van der Waals surface area contributed by atoms with Crippen LogP contribution in [0.15, 0.2) is 109 Å². The summed E-state index contributed by atoms with van der Waals surface area (Å²) in [5.74, 6) is -1.31. The lowest BCUT2D eigenvalue weighted by Crippen LogP contribution is -2.39. The third-order valence-electron chi connectivity index (χ3n) is 9.02. The van der Waals surface area contributed by atoms with Crippen molar-refractivity contribution in [2.24, 2.45) is 5.41 Å². The number of ether oxygens (including phenoxy) is 1. The molecule has 5 aromatic rings. The number of rotatable bonds is 12. The number of nitrogens with one attached hydrogen (secondary N) is 1. The van der Waals surface area contributed by atoms with Gasteiger partial charge in [0, 0.05) is 19.4 Å². The van der Waals surface area contributed by atoms with Crippen LogP contribution in [0.1, 0.15) is 43.4 Å². The first kappa shape index (κ1) is 34.7. The monoisotopic (exact) mass is 686 g/mol. The normalized spacial score (nSPS) is 14.3. The van der Waals surface area contributed by atoms with E-state index in [9.17, 15) is 24.3 Å². The molecule has 1 aliphatic carbocycles. The van der Waals surface area contributed by atoms with Gasteiger partial charge in [0.15, 0.2) is 23.0 Å². The molecule has 2 N–H and O–H groups in total. The van der Waals surface area contributed by atoms with Gasteiger partial charge in [-0.25, -0.2) is 15.0 Å². The summed E-state index contributed by atoms with van der Waals surface area (Å²) in [4.78, 5) is 65.5. The molecule has 12 nitrogen and oxygen atoms in total. The molecule has 2 aromatic heterocycles. The number of carbonyl (C=O) groups excluding carboxylic acids is 3. The highest BCUT2D eigenvalue weighted by molar-refractivity contribution is 6.22. The van der Waals surface area contributed by atoms with Crippen LogP contribution in [0.3, 0.4) is 0 Å². The Labute approximate surface area is 294 Å². The van der Waals surface area contributed by atoms with Crippen molar-refractivity contribution in [3.05, 3.63) is 126 Å². The van der Waals surface area contributed by atoms with Gasteiger partial charge >= 0.3 is 5.97 Å². The zero-order chi connectivity index (χ0) is 36.2. The molecule has 0 saturated heterocycles. The highest BCUT2D eigenvalue weighted by Crippen LogP contribution is 2.41. The first-order valence-electron chi connectivity index (χ1n) is 16.5. The molecular formula is C39H38N6O6. The molecule has 0 unspecified atom stereocenters. The number of ketones is 2. The molecule has 2 heterocycles. The van der Waals surface area contributed by atoms with Gasteiger partial charge in [-0.2, -0.15) is 0 Å². The van der Waals surface area contributed by atoms with Gasteiger partial charge in [-0.1, -0.05) is 92.7 Å². The van der Waals surface area contributed by atoms with Crippen molar-refractivity contribution < 1.29 is 29.0 Å². The second-order valence-corrected chi connectivity index (χ2v) is 13.3. The SMILES string of the molecule is COc1ccc(C(Nc2ncnc3c2ncn3CC(=O)N(CC=C2C(=O)CC(C)(C)CC2=O)CC(=O)O)(c2ccccc2)c2ccccc2)cc1. The van der Waals surface area contributed by atoms with Crippen LogP contribution in [-0.2, 0) is 31.3 Å². The number of aliphatic carboxylic acids is 1. The fraction of sp³-hybridized carbons (Fsp3) is 0.256. The zero-order valence-corrected chi connectivity index (χ0v) is 28.6. The molecule has 1 saturated carbocycles. The van der Waals surface area contributed by atoms with E-state index in [1.54, 1.807) is 7.11 Å². The molecule has 3 aromatic carbocycles. The number of aromatic nitrogens is 4. The fourth-order valence-corrected chi connectivity index (χ4v) is 6.57. The van der Waals surface area contributed by atoms with Crippen LogP contribution in [0.5, 0.6) is 5.75 Å². The lowest BCUT2D eigenvalue weighted by molar-refractivity contribution is -0.144. The first-order valence-corrected chi connectivity index (χ1v) is 16.5. The van der Waals surface area contributed by atoms with E-state index in [0.29, 0.717) is 22.7 Å². The number of carbonyl (C=O) groups is 4. The Morgan fingerprint density at radius 3 is 2.06 bits per heavy atom. The average Bonchev–Trinajstić information content (AvgIpc) is 3.53. The molecule has 1 amide bonds. The molecule has 0 bridgehead atoms. The number of imidazole rings is 1. The van der Waals surface area contributed by atoms with E-state index in [1.807, 2.05) is 98.8 Å². The van der Waals surface area contributed by atoms with E-state index in [0.717, 1.165) is 21.6 Å². The maximum Gasteiger partial charge on any atom is 0.323 e. The van der Waals surface area contributed by atoms with Crippen molar-refractivity contribution in [3.63, 3.8) is 0 Å². The number of carboxylic acids is 1. The standard InChI is InChI=1S/C39H38N6O6/c1-38(2)20-31(46)30(32(47)21-38)18-19-44(23-34(49)50)33(48)22-45-25-42-35-36(40-24-41-37(35)45)43-39(26-10-6-4-7-11-26,27-12-8-5-9-13-27)28-14-16-29(51-3)17-15-28/h4-18,24-25H,19-23H2,1-3H3,(H,49,50)(H,40,41,43). The molecular weight excluding hydrogens is 648 g/mol. The number of carboxylic acid groups (broad SMARTS) is 1.